The molecule has 1 atom stereocenters. The van der Waals surface area contributed by atoms with Gasteiger partial charge < -0.3 is 19.9 Å². The number of rotatable bonds is 8. The lowest BCUT2D eigenvalue weighted by atomic mass is 10.2. The Bertz CT molecular complexity index is 633. The molecule has 2 N–H and O–H groups in total. The number of methoxy groups -OCH3 is 2. The van der Waals surface area contributed by atoms with Crippen LogP contribution in [0.1, 0.15) is 19.8 Å². The molecule has 0 aliphatic heterocycles. The topological polar surface area (TPSA) is 88.1 Å². The molecule has 0 radical (unpaired) electrons. The van der Waals surface area contributed by atoms with Crippen LogP contribution in [0, 0.1) is 0 Å². The molecular weight excluding hydrogens is 336 g/mol. The highest BCUT2D eigenvalue weighted by Gasteiger charge is 2.36. The minimum Gasteiger partial charge on any atom is -0.495 e. The lowest BCUT2D eigenvalue weighted by molar-refractivity contribution is -0.143. The van der Waals surface area contributed by atoms with Crippen LogP contribution in [0.5, 0.6) is 11.5 Å². The second kappa shape index (κ2) is 7.72. The molecule has 1 fully saturated rings. The van der Waals surface area contributed by atoms with Crippen LogP contribution in [0.15, 0.2) is 12.1 Å². The van der Waals surface area contributed by atoms with Gasteiger partial charge in [-0.25, -0.2) is 0 Å². The van der Waals surface area contributed by atoms with Gasteiger partial charge in [0.15, 0.2) is 0 Å². The van der Waals surface area contributed by atoms with Gasteiger partial charge in [0.25, 0.3) is 0 Å². The van der Waals surface area contributed by atoms with E-state index in [0.717, 1.165) is 12.8 Å². The summed E-state index contributed by atoms with van der Waals surface area (Å²) >= 11 is 6.04. The molecule has 1 aliphatic rings. The van der Waals surface area contributed by atoms with Crippen molar-refractivity contribution < 1.29 is 24.2 Å². The summed E-state index contributed by atoms with van der Waals surface area (Å²) < 4.78 is 10.4. The highest BCUT2D eigenvalue weighted by Crippen LogP contribution is 2.36. The number of amides is 1. The summed E-state index contributed by atoms with van der Waals surface area (Å²) in [6.45, 7) is 1.58. The highest BCUT2D eigenvalue weighted by molar-refractivity contribution is 6.32. The van der Waals surface area contributed by atoms with E-state index in [9.17, 15) is 14.7 Å². The summed E-state index contributed by atoms with van der Waals surface area (Å²) in [6.07, 6.45) is 1.81. The van der Waals surface area contributed by atoms with Crippen LogP contribution in [0.2, 0.25) is 5.02 Å². The van der Waals surface area contributed by atoms with Crippen LogP contribution in [0.3, 0.4) is 0 Å². The molecule has 0 aromatic heterocycles. The van der Waals surface area contributed by atoms with Crippen LogP contribution >= 0.6 is 11.6 Å². The largest absolute Gasteiger partial charge is 0.495 e. The molecule has 2 rings (SSSR count). The maximum atomic E-state index is 12.4. The predicted molar refractivity (Wildman–Crippen MR) is 90.0 cm³/mol. The van der Waals surface area contributed by atoms with E-state index in [1.807, 2.05) is 0 Å². The lowest BCUT2D eigenvalue weighted by Crippen LogP contribution is -2.44. The van der Waals surface area contributed by atoms with Gasteiger partial charge in [0, 0.05) is 18.2 Å². The van der Waals surface area contributed by atoms with Gasteiger partial charge in [-0.05, 0) is 19.8 Å². The number of carbonyl (C=O) groups is 2. The fourth-order valence-electron chi connectivity index (χ4n) is 2.44. The number of hydrogen-bond acceptors (Lipinski definition) is 5. The van der Waals surface area contributed by atoms with E-state index >= 15 is 0 Å². The number of anilines is 1. The summed E-state index contributed by atoms with van der Waals surface area (Å²) in [5, 5.41) is 12.3. The average Bonchev–Trinajstić information content (AvgIpc) is 3.37. The zero-order valence-electron chi connectivity index (χ0n) is 13.8. The van der Waals surface area contributed by atoms with Crippen LogP contribution in [0.25, 0.3) is 0 Å². The van der Waals surface area contributed by atoms with Gasteiger partial charge in [-0.3, -0.25) is 14.5 Å². The number of carboxylic acids is 1. The number of carboxylic acid groups (broad SMARTS) is 1. The molecule has 7 nitrogen and oxygen atoms in total. The van der Waals surface area contributed by atoms with E-state index < -0.39 is 12.0 Å². The Labute approximate surface area is 145 Å². The minimum absolute atomic E-state index is 0.00771. The second-order valence-corrected chi connectivity index (χ2v) is 6.06. The van der Waals surface area contributed by atoms with E-state index in [1.54, 1.807) is 24.0 Å². The minimum atomic E-state index is -0.944. The summed E-state index contributed by atoms with van der Waals surface area (Å²) in [5.41, 5.74) is 0.419. The van der Waals surface area contributed by atoms with Crippen LogP contribution in [-0.2, 0) is 9.59 Å². The van der Waals surface area contributed by atoms with Gasteiger partial charge >= 0.3 is 5.97 Å². The number of benzene rings is 1. The fourth-order valence-corrected chi connectivity index (χ4v) is 2.67. The molecule has 0 saturated heterocycles. The van der Waals surface area contributed by atoms with Crippen molar-refractivity contribution in [3.63, 3.8) is 0 Å². The molecule has 24 heavy (non-hydrogen) atoms. The SMILES string of the molecule is COc1cc(NC(=O)CN(C2CC2)C(C)C(=O)O)c(OC)cc1Cl. The first kappa shape index (κ1) is 18.4. The first-order valence-corrected chi connectivity index (χ1v) is 7.95. The molecule has 132 valence electrons. The summed E-state index contributed by atoms with van der Waals surface area (Å²) in [5.74, 6) is -0.456. The molecule has 1 saturated carbocycles. The van der Waals surface area contributed by atoms with Crippen LogP contribution in [-0.4, -0.2) is 54.7 Å². The number of hydrogen-bond donors (Lipinski definition) is 2. The quantitative estimate of drug-likeness (QED) is 0.742. The van der Waals surface area contributed by atoms with E-state index in [2.05, 4.69) is 5.32 Å². The van der Waals surface area contributed by atoms with Crippen molar-refractivity contribution in [2.24, 2.45) is 0 Å². The van der Waals surface area contributed by atoms with E-state index in [4.69, 9.17) is 21.1 Å². The number of aliphatic carboxylic acids is 1. The monoisotopic (exact) mass is 356 g/mol. The molecule has 0 spiro atoms. The molecular formula is C16H21ClN2O5. The Morgan fingerprint density at radius 3 is 2.46 bits per heavy atom. The van der Waals surface area contributed by atoms with Crippen molar-refractivity contribution in [1.29, 1.82) is 0 Å². The zero-order chi connectivity index (χ0) is 17.9. The van der Waals surface area contributed by atoms with Crippen molar-refractivity contribution in [1.82, 2.24) is 4.90 Å². The third kappa shape index (κ3) is 4.30. The maximum Gasteiger partial charge on any atom is 0.320 e. The Balaban J connectivity index is 2.12. The number of ether oxygens (including phenoxy) is 2. The molecule has 0 bridgehead atoms. The maximum absolute atomic E-state index is 12.4. The molecule has 1 unspecified atom stereocenters. The van der Waals surface area contributed by atoms with E-state index in [1.165, 1.54) is 14.2 Å². The third-order valence-electron chi connectivity index (χ3n) is 3.94. The molecule has 1 amide bonds. The Hall–Kier alpha value is -1.99. The van der Waals surface area contributed by atoms with Crippen molar-refractivity contribution in [3.8, 4) is 11.5 Å². The second-order valence-electron chi connectivity index (χ2n) is 5.65. The van der Waals surface area contributed by atoms with E-state index in [-0.39, 0.29) is 18.5 Å². The molecule has 1 aromatic carbocycles. The third-order valence-corrected chi connectivity index (χ3v) is 4.24. The predicted octanol–water partition coefficient (Wildman–Crippen LogP) is 2.23. The van der Waals surface area contributed by atoms with Crippen molar-refractivity contribution in [2.75, 3.05) is 26.1 Å². The standard InChI is InChI=1S/C16H21ClN2O5/c1-9(16(21)22)19(10-4-5-10)8-15(20)18-12-7-13(23-2)11(17)6-14(12)24-3/h6-7,9-10H,4-5,8H2,1-3H3,(H,18,20)(H,21,22). The first-order chi connectivity index (χ1) is 11.4. The number of nitrogens with zero attached hydrogens (tertiary/aromatic N) is 1. The zero-order valence-corrected chi connectivity index (χ0v) is 14.6. The fraction of sp³-hybridized carbons (Fsp3) is 0.500. The molecule has 1 aliphatic carbocycles. The van der Waals surface area contributed by atoms with Crippen molar-refractivity contribution in [3.05, 3.63) is 17.2 Å². The molecule has 0 heterocycles. The van der Waals surface area contributed by atoms with E-state index in [0.29, 0.717) is 22.2 Å². The average molecular weight is 357 g/mol. The normalized spacial score (nSPS) is 15.0. The molecule has 8 heteroatoms. The summed E-state index contributed by atoms with van der Waals surface area (Å²) in [6, 6.07) is 2.55. The van der Waals surface area contributed by atoms with Crippen LogP contribution < -0.4 is 14.8 Å². The van der Waals surface area contributed by atoms with Crippen molar-refractivity contribution in [2.45, 2.75) is 31.8 Å². The number of carbonyl (C=O) groups excluding carboxylic acids is 1. The van der Waals surface area contributed by atoms with Crippen LogP contribution in [0.4, 0.5) is 5.69 Å². The Morgan fingerprint density at radius 1 is 1.33 bits per heavy atom. The summed E-state index contributed by atoms with van der Waals surface area (Å²) in [7, 11) is 2.94. The summed E-state index contributed by atoms with van der Waals surface area (Å²) in [4.78, 5) is 25.3. The Morgan fingerprint density at radius 2 is 1.96 bits per heavy atom. The van der Waals surface area contributed by atoms with Gasteiger partial charge in [0.2, 0.25) is 5.91 Å². The van der Waals surface area contributed by atoms with Gasteiger partial charge in [-0.1, -0.05) is 11.6 Å². The van der Waals surface area contributed by atoms with Gasteiger partial charge in [0.05, 0.1) is 31.5 Å². The Kier molecular flexibility index (Phi) is 5.90. The smallest absolute Gasteiger partial charge is 0.320 e. The van der Waals surface area contributed by atoms with Gasteiger partial charge in [0.1, 0.15) is 17.5 Å². The molecule has 1 aromatic rings. The highest BCUT2D eigenvalue weighted by atomic mass is 35.5. The van der Waals surface area contributed by atoms with Gasteiger partial charge in [-0.2, -0.15) is 0 Å². The number of nitrogens with one attached hydrogen (secondary N) is 1. The lowest BCUT2D eigenvalue weighted by Gasteiger charge is -2.25. The number of halogens is 1. The van der Waals surface area contributed by atoms with Gasteiger partial charge in [-0.15, -0.1) is 0 Å². The van der Waals surface area contributed by atoms with Crippen molar-refractivity contribution >= 4 is 29.2 Å². The first-order valence-electron chi connectivity index (χ1n) is 7.57.